The van der Waals surface area contributed by atoms with Gasteiger partial charge in [-0.1, -0.05) is 0 Å². The van der Waals surface area contributed by atoms with E-state index in [0.29, 0.717) is 0 Å². The van der Waals surface area contributed by atoms with Gasteiger partial charge in [0.15, 0.2) is 0 Å². The maximum atomic E-state index is 11.5. The fourth-order valence-electron chi connectivity index (χ4n) is 0.919. The van der Waals surface area contributed by atoms with Crippen molar-refractivity contribution in [2.75, 3.05) is 0 Å². The molecule has 0 amide bonds. The van der Waals surface area contributed by atoms with Crippen LogP contribution in [0, 0.1) is 11.8 Å². The van der Waals surface area contributed by atoms with E-state index in [9.17, 15) is 26.3 Å². The Morgan fingerprint density at radius 3 is 1.09 bits per heavy atom. The second-order valence-electron chi connectivity index (χ2n) is 2.53. The molecule has 0 N–H and O–H groups in total. The molecule has 2 atom stereocenters. The minimum Gasteiger partial charge on any atom is -0.171 e. The number of halogens is 6. The summed E-state index contributed by atoms with van der Waals surface area (Å²) in [5.41, 5.74) is 0. The average molecular weight is 178 g/mol. The Labute approximate surface area is 58.2 Å². The lowest BCUT2D eigenvalue weighted by molar-refractivity contribution is -0.191. The molecule has 1 fully saturated rings. The molecule has 0 aromatic heterocycles. The van der Waals surface area contributed by atoms with Gasteiger partial charge < -0.3 is 0 Å². The molecule has 0 saturated heterocycles. The zero-order valence-corrected chi connectivity index (χ0v) is 5.13. The van der Waals surface area contributed by atoms with E-state index in [0.717, 1.165) is 0 Å². The molecule has 6 heteroatoms. The van der Waals surface area contributed by atoms with Gasteiger partial charge in [-0.3, -0.25) is 0 Å². The van der Waals surface area contributed by atoms with Crippen LogP contribution < -0.4 is 0 Å². The first-order valence-electron chi connectivity index (χ1n) is 2.86. The van der Waals surface area contributed by atoms with Crippen molar-refractivity contribution in [1.29, 1.82) is 0 Å². The van der Waals surface area contributed by atoms with Gasteiger partial charge in [-0.05, 0) is 6.42 Å². The summed E-state index contributed by atoms with van der Waals surface area (Å²) < 4.78 is 69.1. The van der Waals surface area contributed by atoms with Crippen LogP contribution in [0.3, 0.4) is 0 Å². The van der Waals surface area contributed by atoms with E-state index in [2.05, 4.69) is 0 Å². The molecule has 66 valence electrons. The van der Waals surface area contributed by atoms with E-state index in [4.69, 9.17) is 0 Å². The second kappa shape index (κ2) is 2.04. The van der Waals surface area contributed by atoms with Crippen LogP contribution in [-0.4, -0.2) is 12.4 Å². The topological polar surface area (TPSA) is 0 Å². The number of rotatable bonds is 0. The highest BCUT2D eigenvalue weighted by molar-refractivity contribution is 4.95. The molecule has 0 unspecified atom stereocenters. The highest BCUT2D eigenvalue weighted by atomic mass is 19.4. The SMILES string of the molecule is FC(F)(F)[C@@H]1C[C@H]1C(F)(F)F. The van der Waals surface area contributed by atoms with Crippen molar-refractivity contribution in [2.45, 2.75) is 18.8 Å². The smallest absolute Gasteiger partial charge is 0.171 e. The van der Waals surface area contributed by atoms with Gasteiger partial charge in [0.1, 0.15) is 0 Å². The summed E-state index contributed by atoms with van der Waals surface area (Å²) in [6, 6.07) is 0. The van der Waals surface area contributed by atoms with Crippen LogP contribution in [0.25, 0.3) is 0 Å². The summed E-state index contributed by atoms with van der Waals surface area (Å²) in [6.45, 7) is 0. The Morgan fingerprint density at radius 2 is 1.00 bits per heavy atom. The van der Waals surface area contributed by atoms with E-state index >= 15 is 0 Å². The zero-order chi connectivity index (χ0) is 8.86. The molecule has 1 aliphatic carbocycles. The standard InChI is InChI=1S/C5H4F6/c6-4(7,8)2-1-3(2)5(9,10)11/h2-3H,1H2/t2-,3-/m1/s1. The maximum Gasteiger partial charge on any atom is 0.392 e. The predicted octanol–water partition coefficient (Wildman–Crippen LogP) is 2.75. The Bertz CT molecular complexity index is 135. The first kappa shape index (κ1) is 8.67. The van der Waals surface area contributed by atoms with Crippen molar-refractivity contribution in [1.82, 2.24) is 0 Å². The molecule has 1 aliphatic rings. The first-order valence-corrected chi connectivity index (χ1v) is 2.86. The van der Waals surface area contributed by atoms with Crippen molar-refractivity contribution in [3.63, 3.8) is 0 Å². The quantitative estimate of drug-likeness (QED) is 0.500. The highest BCUT2D eigenvalue weighted by Crippen LogP contribution is 2.57. The summed E-state index contributed by atoms with van der Waals surface area (Å²) >= 11 is 0. The minimum atomic E-state index is -4.68. The molecular weight excluding hydrogens is 174 g/mol. The minimum absolute atomic E-state index is 0.799. The van der Waals surface area contributed by atoms with Gasteiger partial charge >= 0.3 is 12.4 Å². The summed E-state index contributed by atoms with van der Waals surface area (Å²) in [5, 5.41) is 0. The van der Waals surface area contributed by atoms with Crippen LogP contribution in [-0.2, 0) is 0 Å². The predicted molar refractivity (Wildman–Crippen MR) is 23.7 cm³/mol. The van der Waals surface area contributed by atoms with Crippen LogP contribution in [0.4, 0.5) is 26.3 Å². The normalized spacial score (nSPS) is 32.2. The van der Waals surface area contributed by atoms with Crippen LogP contribution in [0.1, 0.15) is 6.42 Å². The first-order chi connectivity index (χ1) is 4.73. The lowest BCUT2D eigenvalue weighted by Crippen LogP contribution is -2.19. The summed E-state index contributed by atoms with van der Waals surface area (Å²) in [7, 11) is 0. The zero-order valence-electron chi connectivity index (χ0n) is 5.13. The molecule has 0 radical (unpaired) electrons. The molecule has 0 aromatic carbocycles. The molecule has 0 aromatic rings. The van der Waals surface area contributed by atoms with E-state index in [-0.39, 0.29) is 0 Å². The molecule has 0 nitrogen and oxygen atoms in total. The lowest BCUT2D eigenvalue weighted by Gasteiger charge is -2.07. The number of hydrogen-bond donors (Lipinski definition) is 0. The Hall–Kier alpha value is -0.420. The van der Waals surface area contributed by atoms with E-state index in [1.54, 1.807) is 0 Å². The molecule has 0 spiro atoms. The van der Waals surface area contributed by atoms with Gasteiger partial charge in [0, 0.05) is 0 Å². The van der Waals surface area contributed by atoms with E-state index in [1.807, 2.05) is 0 Å². The van der Waals surface area contributed by atoms with Crippen LogP contribution >= 0.6 is 0 Å². The summed E-state index contributed by atoms with van der Waals surface area (Å²) in [5.74, 6) is -4.30. The van der Waals surface area contributed by atoms with Crippen molar-refractivity contribution < 1.29 is 26.3 Å². The van der Waals surface area contributed by atoms with Gasteiger partial charge in [-0.15, -0.1) is 0 Å². The van der Waals surface area contributed by atoms with Crippen molar-refractivity contribution >= 4 is 0 Å². The second-order valence-corrected chi connectivity index (χ2v) is 2.53. The summed E-state index contributed by atoms with van der Waals surface area (Å²) in [6.07, 6.45) is -10.2. The maximum absolute atomic E-state index is 11.5. The fraction of sp³-hybridized carbons (Fsp3) is 1.00. The van der Waals surface area contributed by atoms with Crippen molar-refractivity contribution in [3.05, 3.63) is 0 Å². The van der Waals surface area contributed by atoms with Crippen molar-refractivity contribution in [2.24, 2.45) is 11.8 Å². The van der Waals surface area contributed by atoms with E-state index in [1.165, 1.54) is 0 Å². The van der Waals surface area contributed by atoms with E-state index < -0.39 is 30.6 Å². The average Bonchev–Trinajstić information content (AvgIpc) is 2.30. The Balaban J connectivity index is 2.51. The van der Waals surface area contributed by atoms with Gasteiger partial charge in [0.05, 0.1) is 11.8 Å². The van der Waals surface area contributed by atoms with Gasteiger partial charge in [-0.25, -0.2) is 0 Å². The van der Waals surface area contributed by atoms with Crippen LogP contribution in [0.5, 0.6) is 0 Å². The number of alkyl halides is 6. The molecule has 1 saturated carbocycles. The van der Waals surface area contributed by atoms with Gasteiger partial charge in [-0.2, -0.15) is 26.3 Å². The third-order valence-electron chi connectivity index (χ3n) is 1.63. The Morgan fingerprint density at radius 1 is 0.727 bits per heavy atom. The third kappa shape index (κ3) is 1.78. The van der Waals surface area contributed by atoms with Crippen LogP contribution in [0.15, 0.2) is 0 Å². The fourth-order valence-corrected chi connectivity index (χ4v) is 0.919. The molecule has 0 aliphatic heterocycles. The monoisotopic (exact) mass is 178 g/mol. The largest absolute Gasteiger partial charge is 0.392 e. The highest BCUT2D eigenvalue weighted by Gasteiger charge is 2.66. The third-order valence-corrected chi connectivity index (χ3v) is 1.63. The van der Waals surface area contributed by atoms with Gasteiger partial charge in [0.25, 0.3) is 0 Å². The van der Waals surface area contributed by atoms with Gasteiger partial charge in [0.2, 0.25) is 0 Å². The molecular formula is C5H4F6. The molecule has 1 rings (SSSR count). The van der Waals surface area contributed by atoms with Crippen LogP contribution in [0.2, 0.25) is 0 Å². The lowest BCUT2D eigenvalue weighted by atomic mass is 10.3. The molecule has 0 heterocycles. The molecule has 11 heavy (non-hydrogen) atoms. The summed E-state index contributed by atoms with van der Waals surface area (Å²) in [4.78, 5) is 0. The molecule has 0 bridgehead atoms. The van der Waals surface area contributed by atoms with Crippen molar-refractivity contribution in [3.8, 4) is 0 Å². The number of hydrogen-bond acceptors (Lipinski definition) is 0. The Kier molecular flexibility index (Phi) is 1.61.